The van der Waals surface area contributed by atoms with E-state index in [0.717, 1.165) is 5.69 Å². The Labute approximate surface area is 128 Å². The van der Waals surface area contributed by atoms with Crippen LogP contribution < -0.4 is 10.4 Å². The summed E-state index contributed by atoms with van der Waals surface area (Å²) in [5.41, 5.74) is 4.20. The van der Waals surface area contributed by atoms with Crippen molar-refractivity contribution in [2.75, 3.05) is 12.1 Å². The van der Waals surface area contributed by atoms with Crippen molar-refractivity contribution in [1.82, 2.24) is 20.0 Å². The second-order valence-corrected chi connectivity index (χ2v) is 4.71. The van der Waals surface area contributed by atoms with Crippen LogP contribution in [-0.4, -0.2) is 27.5 Å². The van der Waals surface area contributed by atoms with Gasteiger partial charge in [-0.15, -0.1) is 0 Å². The van der Waals surface area contributed by atoms with Crippen molar-refractivity contribution in [3.05, 3.63) is 72.9 Å². The summed E-state index contributed by atoms with van der Waals surface area (Å²) >= 11 is 0. The van der Waals surface area contributed by atoms with Crippen LogP contribution in [0.2, 0.25) is 0 Å². The van der Waals surface area contributed by atoms with E-state index in [1.807, 2.05) is 30.3 Å². The lowest BCUT2D eigenvalue weighted by molar-refractivity contribution is 0.0951. The third-order valence-electron chi connectivity index (χ3n) is 3.19. The first-order valence-corrected chi connectivity index (χ1v) is 6.78. The monoisotopic (exact) mass is 293 g/mol. The van der Waals surface area contributed by atoms with Gasteiger partial charge >= 0.3 is 0 Å². The standard InChI is InChI=1S/C16H15N5O/c1-20(14-5-3-2-4-6-14)19-16(22)13-7-8-15(18-11-13)21-10-9-17-12-21/h2-12H,1H3,(H,19,22). The zero-order valence-electron chi connectivity index (χ0n) is 12.0. The second-order valence-electron chi connectivity index (χ2n) is 4.71. The molecule has 0 aliphatic rings. The largest absolute Gasteiger partial charge is 0.291 e. The molecule has 22 heavy (non-hydrogen) atoms. The quantitative estimate of drug-likeness (QED) is 0.748. The number of hydrogen-bond acceptors (Lipinski definition) is 4. The molecule has 0 atom stereocenters. The van der Waals surface area contributed by atoms with Crippen LogP contribution in [0.3, 0.4) is 0 Å². The van der Waals surface area contributed by atoms with Gasteiger partial charge in [-0.2, -0.15) is 0 Å². The van der Waals surface area contributed by atoms with Gasteiger partial charge in [-0.1, -0.05) is 18.2 Å². The highest BCUT2D eigenvalue weighted by molar-refractivity contribution is 5.94. The number of carbonyl (C=O) groups excluding carboxylic acids is 1. The summed E-state index contributed by atoms with van der Waals surface area (Å²) in [7, 11) is 1.79. The van der Waals surface area contributed by atoms with E-state index in [1.54, 1.807) is 53.7 Å². The van der Waals surface area contributed by atoms with Crippen LogP contribution in [-0.2, 0) is 0 Å². The third kappa shape index (κ3) is 2.95. The van der Waals surface area contributed by atoms with Crippen molar-refractivity contribution in [3.8, 4) is 5.82 Å². The van der Waals surface area contributed by atoms with Gasteiger partial charge in [-0.3, -0.25) is 19.8 Å². The van der Waals surface area contributed by atoms with Crippen molar-refractivity contribution < 1.29 is 4.79 Å². The molecular weight excluding hydrogens is 278 g/mol. The Morgan fingerprint density at radius 3 is 2.64 bits per heavy atom. The molecule has 3 aromatic rings. The Morgan fingerprint density at radius 2 is 2.00 bits per heavy atom. The van der Waals surface area contributed by atoms with E-state index < -0.39 is 0 Å². The van der Waals surface area contributed by atoms with E-state index >= 15 is 0 Å². The Hall–Kier alpha value is -3.15. The molecule has 1 N–H and O–H groups in total. The normalized spacial score (nSPS) is 10.2. The number of amides is 1. The highest BCUT2D eigenvalue weighted by Crippen LogP contribution is 2.10. The number of anilines is 1. The van der Waals surface area contributed by atoms with Gasteiger partial charge in [0.25, 0.3) is 5.91 Å². The fraction of sp³-hybridized carbons (Fsp3) is 0.0625. The number of rotatable bonds is 4. The molecule has 0 aliphatic heterocycles. The molecule has 0 radical (unpaired) electrons. The number of benzene rings is 1. The van der Waals surface area contributed by atoms with Crippen molar-refractivity contribution >= 4 is 11.6 Å². The number of nitrogens with zero attached hydrogens (tertiary/aromatic N) is 4. The molecule has 0 unspecified atom stereocenters. The van der Waals surface area contributed by atoms with Gasteiger partial charge in [0.15, 0.2) is 0 Å². The number of carbonyl (C=O) groups is 1. The van der Waals surface area contributed by atoms with Crippen LogP contribution in [0.15, 0.2) is 67.4 Å². The number of nitrogens with one attached hydrogen (secondary N) is 1. The fourth-order valence-electron chi connectivity index (χ4n) is 2.00. The van der Waals surface area contributed by atoms with Gasteiger partial charge in [0, 0.05) is 25.6 Å². The minimum absolute atomic E-state index is 0.212. The SMILES string of the molecule is CN(NC(=O)c1ccc(-n2ccnc2)nc1)c1ccccc1. The third-order valence-corrected chi connectivity index (χ3v) is 3.19. The smallest absolute Gasteiger partial charge is 0.271 e. The summed E-state index contributed by atoms with van der Waals surface area (Å²) in [5.74, 6) is 0.501. The number of imidazole rings is 1. The first-order chi connectivity index (χ1) is 10.7. The molecule has 6 nitrogen and oxygen atoms in total. The van der Waals surface area contributed by atoms with E-state index in [9.17, 15) is 4.79 Å². The summed E-state index contributed by atoms with van der Waals surface area (Å²) in [6, 6.07) is 13.1. The highest BCUT2D eigenvalue weighted by Gasteiger charge is 2.09. The topological polar surface area (TPSA) is 63.1 Å². The van der Waals surface area contributed by atoms with Crippen LogP contribution in [0.5, 0.6) is 0 Å². The van der Waals surface area contributed by atoms with E-state index in [-0.39, 0.29) is 5.91 Å². The van der Waals surface area contributed by atoms with E-state index in [0.29, 0.717) is 11.4 Å². The average molecular weight is 293 g/mol. The van der Waals surface area contributed by atoms with E-state index in [2.05, 4.69) is 15.4 Å². The molecule has 0 aliphatic carbocycles. The molecule has 1 amide bonds. The predicted octanol–water partition coefficient (Wildman–Crippen LogP) is 2.05. The van der Waals surface area contributed by atoms with Crippen LogP contribution >= 0.6 is 0 Å². The second kappa shape index (κ2) is 6.09. The predicted molar refractivity (Wildman–Crippen MR) is 83.7 cm³/mol. The van der Waals surface area contributed by atoms with Crippen LogP contribution in [0.25, 0.3) is 5.82 Å². The minimum atomic E-state index is -0.212. The minimum Gasteiger partial charge on any atom is -0.291 e. The number of hydrazine groups is 1. The lowest BCUT2D eigenvalue weighted by Gasteiger charge is -2.20. The molecule has 0 saturated carbocycles. The van der Waals surface area contributed by atoms with E-state index in [1.165, 1.54) is 0 Å². The molecular formula is C16H15N5O. The van der Waals surface area contributed by atoms with Gasteiger partial charge in [0.2, 0.25) is 0 Å². The van der Waals surface area contributed by atoms with Crippen LogP contribution in [0.4, 0.5) is 5.69 Å². The van der Waals surface area contributed by atoms with Crippen molar-refractivity contribution in [2.45, 2.75) is 0 Å². The fourth-order valence-corrected chi connectivity index (χ4v) is 2.00. The number of para-hydroxylation sites is 1. The average Bonchev–Trinajstić information content (AvgIpc) is 3.10. The molecule has 110 valence electrons. The maximum Gasteiger partial charge on any atom is 0.271 e. The lowest BCUT2D eigenvalue weighted by atomic mass is 10.2. The van der Waals surface area contributed by atoms with Gasteiger partial charge in [0.05, 0.1) is 11.3 Å². The van der Waals surface area contributed by atoms with Gasteiger partial charge in [-0.05, 0) is 24.3 Å². The van der Waals surface area contributed by atoms with Crippen LogP contribution in [0.1, 0.15) is 10.4 Å². The number of aromatic nitrogens is 3. The molecule has 1 aromatic carbocycles. The Morgan fingerprint density at radius 1 is 1.18 bits per heavy atom. The van der Waals surface area contributed by atoms with Gasteiger partial charge in [-0.25, -0.2) is 9.97 Å². The molecule has 2 heterocycles. The summed E-state index contributed by atoms with van der Waals surface area (Å²) < 4.78 is 1.78. The lowest BCUT2D eigenvalue weighted by Crippen LogP contribution is -2.39. The summed E-state index contributed by atoms with van der Waals surface area (Å²) in [5, 5.41) is 1.67. The zero-order chi connectivity index (χ0) is 15.4. The van der Waals surface area contributed by atoms with Crippen molar-refractivity contribution in [3.63, 3.8) is 0 Å². The van der Waals surface area contributed by atoms with Gasteiger partial charge < -0.3 is 0 Å². The highest BCUT2D eigenvalue weighted by atomic mass is 16.2. The maximum absolute atomic E-state index is 12.2. The molecule has 0 saturated heterocycles. The maximum atomic E-state index is 12.2. The van der Waals surface area contributed by atoms with Gasteiger partial charge in [0.1, 0.15) is 12.1 Å². The first kappa shape index (κ1) is 13.8. The number of pyridine rings is 1. The van der Waals surface area contributed by atoms with Crippen molar-refractivity contribution in [1.29, 1.82) is 0 Å². The molecule has 0 spiro atoms. The summed E-state index contributed by atoms with van der Waals surface area (Å²) in [6.07, 6.45) is 6.68. The molecule has 6 heteroatoms. The Bertz CT molecular complexity index is 738. The molecule has 0 bridgehead atoms. The first-order valence-electron chi connectivity index (χ1n) is 6.78. The van der Waals surface area contributed by atoms with E-state index in [4.69, 9.17) is 0 Å². The summed E-state index contributed by atoms with van der Waals surface area (Å²) in [6.45, 7) is 0. The van der Waals surface area contributed by atoms with Crippen molar-refractivity contribution in [2.24, 2.45) is 0 Å². The Kier molecular flexibility index (Phi) is 3.82. The summed E-state index contributed by atoms with van der Waals surface area (Å²) in [4.78, 5) is 20.4. The molecule has 2 aromatic heterocycles. The number of hydrogen-bond donors (Lipinski definition) is 1. The molecule has 0 fully saturated rings. The zero-order valence-corrected chi connectivity index (χ0v) is 12.0. The molecule has 3 rings (SSSR count). The Balaban J connectivity index is 1.70. The van der Waals surface area contributed by atoms with Crippen LogP contribution in [0, 0.1) is 0 Å².